The Balaban J connectivity index is 1.97. The molecule has 0 aromatic heterocycles. The predicted octanol–water partition coefficient (Wildman–Crippen LogP) is 3.49. The Morgan fingerprint density at radius 1 is 0.750 bits per heavy atom. The molecule has 1 heteroatoms. The van der Waals surface area contributed by atoms with E-state index < -0.39 is 0 Å². The first-order chi connectivity index (χ1) is 7.74. The Labute approximate surface area is 96.4 Å². The fourth-order valence-electron chi connectivity index (χ4n) is 1.71. The van der Waals surface area contributed by atoms with Crippen LogP contribution in [0, 0.1) is 6.92 Å². The van der Waals surface area contributed by atoms with Gasteiger partial charge in [0.1, 0.15) is 5.75 Å². The number of aromatic hydroxyl groups is 1. The van der Waals surface area contributed by atoms with Crippen LogP contribution in [0.4, 0.5) is 0 Å². The first-order valence-corrected chi connectivity index (χ1v) is 5.57. The summed E-state index contributed by atoms with van der Waals surface area (Å²) in [4.78, 5) is 0. The minimum atomic E-state index is 0.332. The molecule has 2 aromatic rings. The van der Waals surface area contributed by atoms with Crippen LogP contribution in [0.15, 0.2) is 48.5 Å². The van der Waals surface area contributed by atoms with E-state index in [1.54, 1.807) is 12.1 Å². The average Bonchev–Trinajstić information content (AvgIpc) is 2.30. The maximum atomic E-state index is 9.17. The Bertz CT molecular complexity index is 394. The van der Waals surface area contributed by atoms with E-state index in [-0.39, 0.29) is 0 Å². The topological polar surface area (TPSA) is 20.2 Å². The van der Waals surface area contributed by atoms with Gasteiger partial charge in [-0.15, -0.1) is 0 Å². The van der Waals surface area contributed by atoms with Crippen LogP contribution in [0.3, 0.4) is 0 Å². The van der Waals surface area contributed by atoms with Gasteiger partial charge in [0.05, 0.1) is 0 Å². The van der Waals surface area contributed by atoms with Gasteiger partial charge >= 0.3 is 0 Å². The minimum absolute atomic E-state index is 0.332. The molecule has 0 aliphatic carbocycles. The van der Waals surface area contributed by atoms with Gasteiger partial charge in [-0.25, -0.2) is 0 Å². The number of phenols is 1. The van der Waals surface area contributed by atoms with Gasteiger partial charge in [0.15, 0.2) is 0 Å². The van der Waals surface area contributed by atoms with Crippen molar-refractivity contribution in [2.45, 2.75) is 19.8 Å². The molecule has 0 fully saturated rings. The zero-order valence-corrected chi connectivity index (χ0v) is 9.48. The summed E-state index contributed by atoms with van der Waals surface area (Å²) >= 11 is 0. The van der Waals surface area contributed by atoms with E-state index in [4.69, 9.17) is 0 Å². The third kappa shape index (κ3) is 2.86. The summed E-state index contributed by atoms with van der Waals surface area (Å²) in [6, 6.07) is 16.1. The molecular weight excluding hydrogens is 196 g/mol. The van der Waals surface area contributed by atoms with E-state index >= 15 is 0 Å². The standard InChI is InChI=1S/C15H16O/c1-12-2-4-13(5-3-12)6-7-14-8-10-15(16)11-9-14/h2-5,8-11,16H,6-7H2,1H3. The molecule has 2 aromatic carbocycles. The minimum Gasteiger partial charge on any atom is -0.508 e. The van der Waals surface area contributed by atoms with Crippen molar-refractivity contribution in [2.24, 2.45) is 0 Å². The smallest absolute Gasteiger partial charge is 0.115 e. The Morgan fingerprint density at radius 2 is 1.19 bits per heavy atom. The molecule has 0 amide bonds. The van der Waals surface area contributed by atoms with Crippen molar-refractivity contribution in [1.82, 2.24) is 0 Å². The lowest BCUT2D eigenvalue weighted by Gasteiger charge is -2.03. The summed E-state index contributed by atoms with van der Waals surface area (Å²) in [5.41, 5.74) is 3.92. The zero-order chi connectivity index (χ0) is 11.4. The maximum absolute atomic E-state index is 9.17. The Hall–Kier alpha value is -1.76. The second-order valence-corrected chi connectivity index (χ2v) is 4.15. The summed E-state index contributed by atoms with van der Waals surface area (Å²) in [7, 11) is 0. The summed E-state index contributed by atoms with van der Waals surface area (Å²) < 4.78 is 0. The van der Waals surface area contributed by atoms with Gasteiger partial charge in [0.25, 0.3) is 0 Å². The highest BCUT2D eigenvalue weighted by Crippen LogP contribution is 2.12. The molecule has 0 saturated carbocycles. The Kier molecular flexibility index (Phi) is 3.25. The van der Waals surface area contributed by atoms with Crippen molar-refractivity contribution in [3.63, 3.8) is 0 Å². The van der Waals surface area contributed by atoms with Gasteiger partial charge in [-0.05, 0) is 43.0 Å². The van der Waals surface area contributed by atoms with Crippen LogP contribution in [0.2, 0.25) is 0 Å². The monoisotopic (exact) mass is 212 g/mol. The number of hydrogen-bond donors (Lipinski definition) is 1. The van der Waals surface area contributed by atoms with Crippen LogP contribution in [-0.4, -0.2) is 5.11 Å². The molecule has 1 N–H and O–H groups in total. The van der Waals surface area contributed by atoms with Crippen molar-refractivity contribution >= 4 is 0 Å². The molecule has 0 aliphatic heterocycles. The molecule has 0 aliphatic rings. The highest BCUT2D eigenvalue weighted by Gasteiger charge is 1.96. The highest BCUT2D eigenvalue weighted by atomic mass is 16.3. The van der Waals surface area contributed by atoms with Crippen LogP contribution < -0.4 is 0 Å². The lowest BCUT2D eigenvalue weighted by molar-refractivity contribution is 0.475. The van der Waals surface area contributed by atoms with Crippen molar-refractivity contribution in [3.8, 4) is 5.75 Å². The van der Waals surface area contributed by atoms with E-state index in [9.17, 15) is 5.11 Å². The van der Waals surface area contributed by atoms with Crippen LogP contribution >= 0.6 is 0 Å². The molecule has 2 rings (SSSR count). The van der Waals surface area contributed by atoms with Gasteiger partial charge < -0.3 is 5.11 Å². The van der Waals surface area contributed by atoms with Crippen LogP contribution in [0.25, 0.3) is 0 Å². The predicted molar refractivity (Wildman–Crippen MR) is 66.7 cm³/mol. The van der Waals surface area contributed by atoms with Crippen molar-refractivity contribution in [1.29, 1.82) is 0 Å². The van der Waals surface area contributed by atoms with Gasteiger partial charge in [-0.3, -0.25) is 0 Å². The van der Waals surface area contributed by atoms with Crippen LogP contribution in [0.5, 0.6) is 5.75 Å². The van der Waals surface area contributed by atoms with Gasteiger partial charge in [-0.1, -0.05) is 42.0 Å². The summed E-state index contributed by atoms with van der Waals surface area (Å²) in [6.45, 7) is 2.10. The molecule has 0 atom stereocenters. The van der Waals surface area contributed by atoms with Gasteiger partial charge in [-0.2, -0.15) is 0 Å². The van der Waals surface area contributed by atoms with E-state index in [0.717, 1.165) is 12.8 Å². The first kappa shape index (κ1) is 10.7. The summed E-state index contributed by atoms with van der Waals surface area (Å²) in [5, 5.41) is 9.17. The number of rotatable bonds is 3. The fraction of sp³-hybridized carbons (Fsp3) is 0.200. The van der Waals surface area contributed by atoms with Crippen LogP contribution in [-0.2, 0) is 12.8 Å². The molecule has 0 heterocycles. The van der Waals surface area contributed by atoms with E-state index in [2.05, 4.69) is 31.2 Å². The third-order valence-electron chi connectivity index (χ3n) is 2.76. The SMILES string of the molecule is Cc1ccc(CCc2ccc(O)cc2)cc1. The average molecular weight is 212 g/mol. The van der Waals surface area contributed by atoms with Crippen LogP contribution in [0.1, 0.15) is 16.7 Å². The molecule has 0 saturated heterocycles. The normalized spacial score (nSPS) is 10.3. The summed E-state index contributed by atoms with van der Waals surface area (Å²) in [6.07, 6.45) is 2.06. The van der Waals surface area contributed by atoms with Gasteiger partial charge in [0.2, 0.25) is 0 Å². The lowest BCUT2D eigenvalue weighted by Crippen LogP contribution is -1.90. The third-order valence-corrected chi connectivity index (χ3v) is 2.76. The molecule has 0 spiro atoms. The zero-order valence-electron chi connectivity index (χ0n) is 9.48. The van der Waals surface area contributed by atoms with E-state index in [1.807, 2.05) is 12.1 Å². The maximum Gasteiger partial charge on any atom is 0.115 e. The van der Waals surface area contributed by atoms with Gasteiger partial charge in [0, 0.05) is 0 Å². The number of aryl methyl sites for hydroxylation is 3. The van der Waals surface area contributed by atoms with Crippen molar-refractivity contribution in [2.75, 3.05) is 0 Å². The van der Waals surface area contributed by atoms with E-state index in [0.29, 0.717) is 5.75 Å². The van der Waals surface area contributed by atoms with Crippen molar-refractivity contribution < 1.29 is 5.11 Å². The molecule has 1 nitrogen and oxygen atoms in total. The van der Waals surface area contributed by atoms with E-state index in [1.165, 1.54) is 16.7 Å². The molecular formula is C15H16O. The number of hydrogen-bond acceptors (Lipinski definition) is 1. The quantitative estimate of drug-likeness (QED) is 0.825. The lowest BCUT2D eigenvalue weighted by atomic mass is 10.0. The summed E-state index contributed by atoms with van der Waals surface area (Å²) in [5.74, 6) is 0.332. The molecule has 0 bridgehead atoms. The fourth-order valence-corrected chi connectivity index (χ4v) is 1.71. The molecule has 0 unspecified atom stereocenters. The molecule has 82 valence electrons. The molecule has 0 radical (unpaired) electrons. The number of phenolic OH excluding ortho intramolecular Hbond substituents is 1. The largest absolute Gasteiger partial charge is 0.508 e. The number of benzene rings is 2. The Morgan fingerprint density at radius 3 is 1.69 bits per heavy atom. The second kappa shape index (κ2) is 4.84. The second-order valence-electron chi connectivity index (χ2n) is 4.15. The highest BCUT2D eigenvalue weighted by molar-refractivity contribution is 5.27. The first-order valence-electron chi connectivity index (χ1n) is 5.57. The molecule has 16 heavy (non-hydrogen) atoms. The van der Waals surface area contributed by atoms with Crippen molar-refractivity contribution in [3.05, 3.63) is 65.2 Å².